The Morgan fingerprint density at radius 3 is 2.95 bits per heavy atom. The minimum atomic E-state index is -0.276. The second kappa shape index (κ2) is 6.24. The smallest absolute Gasteiger partial charge is 0.240 e. The van der Waals surface area contributed by atoms with Gasteiger partial charge in [-0.1, -0.05) is 18.5 Å². The fourth-order valence-corrected chi connectivity index (χ4v) is 2.41. The van der Waals surface area contributed by atoms with E-state index >= 15 is 0 Å². The Hall–Kier alpha value is -1.59. The summed E-state index contributed by atoms with van der Waals surface area (Å²) in [6.07, 6.45) is 0.906. The zero-order valence-corrected chi connectivity index (χ0v) is 12.0. The van der Waals surface area contributed by atoms with Crippen LogP contribution in [0.1, 0.15) is 18.9 Å². The molecule has 2 N–H and O–H groups in total. The van der Waals surface area contributed by atoms with Crippen molar-refractivity contribution in [1.29, 1.82) is 0 Å². The summed E-state index contributed by atoms with van der Waals surface area (Å²) >= 11 is 5.89. The molecule has 1 unspecified atom stereocenters. The molecule has 1 aromatic rings. The Labute approximate surface area is 122 Å². The van der Waals surface area contributed by atoms with Crippen molar-refractivity contribution in [2.45, 2.75) is 25.8 Å². The summed E-state index contributed by atoms with van der Waals surface area (Å²) in [6, 6.07) is 4.92. The molecule has 0 aromatic heterocycles. The van der Waals surface area contributed by atoms with Crippen molar-refractivity contribution >= 4 is 29.1 Å². The first-order valence-corrected chi connectivity index (χ1v) is 6.92. The number of anilines is 1. The van der Waals surface area contributed by atoms with Crippen molar-refractivity contribution in [2.24, 2.45) is 0 Å². The van der Waals surface area contributed by atoms with Gasteiger partial charge in [0, 0.05) is 10.7 Å². The number of nitrogens with zero attached hydrogens (tertiary/aromatic N) is 1. The highest BCUT2D eigenvalue weighted by atomic mass is 35.5. The Morgan fingerprint density at radius 2 is 2.30 bits per heavy atom. The van der Waals surface area contributed by atoms with Crippen LogP contribution in [-0.2, 0) is 16.0 Å². The topological polar surface area (TPSA) is 69.6 Å². The van der Waals surface area contributed by atoms with Crippen LogP contribution in [0.2, 0.25) is 5.02 Å². The molecule has 1 atom stereocenters. The highest BCUT2D eigenvalue weighted by Gasteiger charge is 2.29. The van der Waals surface area contributed by atoms with Gasteiger partial charge < -0.3 is 15.3 Å². The summed E-state index contributed by atoms with van der Waals surface area (Å²) in [7, 11) is 0. The lowest BCUT2D eigenvalue weighted by molar-refractivity contribution is -0.123. The number of hydrogen-bond donors (Lipinski definition) is 2. The lowest BCUT2D eigenvalue weighted by Crippen LogP contribution is -2.44. The molecule has 1 aliphatic rings. The SMILES string of the molecule is CCC(CO)NC(=O)CN1C(=O)Cc2cc(Cl)ccc21. The molecule has 2 amide bonds. The van der Waals surface area contributed by atoms with Crippen molar-refractivity contribution in [3.63, 3.8) is 0 Å². The highest BCUT2D eigenvalue weighted by molar-refractivity contribution is 6.31. The number of carbonyl (C=O) groups is 2. The second-order valence-corrected chi connectivity index (χ2v) is 5.22. The van der Waals surface area contributed by atoms with Gasteiger partial charge in [0.2, 0.25) is 11.8 Å². The van der Waals surface area contributed by atoms with Gasteiger partial charge in [-0.2, -0.15) is 0 Å². The van der Waals surface area contributed by atoms with Gasteiger partial charge in [-0.05, 0) is 30.2 Å². The maximum Gasteiger partial charge on any atom is 0.240 e. The molecule has 1 aromatic carbocycles. The largest absolute Gasteiger partial charge is 0.394 e. The van der Waals surface area contributed by atoms with Gasteiger partial charge in [-0.15, -0.1) is 0 Å². The number of benzene rings is 1. The van der Waals surface area contributed by atoms with E-state index < -0.39 is 0 Å². The van der Waals surface area contributed by atoms with Gasteiger partial charge in [-0.25, -0.2) is 0 Å². The zero-order valence-electron chi connectivity index (χ0n) is 11.2. The van der Waals surface area contributed by atoms with Gasteiger partial charge >= 0.3 is 0 Å². The number of aliphatic hydroxyl groups is 1. The molecule has 0 saturated heterocycles. The van der Waals surface area contributed by atoms with E-state index in [2.05, 4.69) is 5.32 Å². The number of amides is 2. The molecule has 1 heterocycles. The third kappa shape index (κ3) is 3.11. The van der Waals surface area contributed by atoms with E-state index in [1.165, 1.54) is 4.90 Å². The standard InChI is InChI=1S/C14H17ClN2O3/c1-2-11(8-18)16-13(19)7-17-12-4-3-10(15)5-9(12)6-14(17)20/h3-5,11,18H,2,6-8H2,1H3,(H,16,19). The molecule has 0 bridgehead atoms. The van der Waals surface area contributed by atoms with E-state index in [9.17, 15) is 9.59 Å². The predicted molar refractivity (Wildman–Crippen MR) is 76.8 cm³/mol. The Bertz CT molecular complexity index is 529. The summed E-state index contributed by atoms with van der Waals surface area (Å²) in [4.78, 5) is 25.3. The summed E-state index contributed by atoms with van der Waals surface area (Å²) in [5.74, 6) is -0.392. The van der Waals surface area contributed by atoms with Crippen molar-refractivity contribution < 1.29 is 14.7 Å². The van der Waals surface area contributed by atoms with E-state index in [1.807, 2.05) is 6.92 Å². The number of aliphatic hydroxyl groups excluding tert-OH is 1. The predicted octanol–water partition coefficient (Wildman–Crippen LogP) is 1.12. The highest BCUT2D eigenvalue weighted by Crippen LogP contribution is 2.30. The Balaban J connectivity index is 2.07. The second-order valence-electron chi connectivity index (χ2n) is 4.78. The lowest BCUT2D eigenvalue weighted by atomic mass is 10.2. The number of fused-ring (bicyclic) bond motifs is 1. The van der Waals surface area contributed by atoms with Crippen LogP contribution in [0.3, 0.4) is 0 Å². The van der Waals surface area contributed by atoms with E-state index in [0.717, 1.165) is 11.3 Å². The van der Waals surface area contributed by atoms with Crippen LogP contribution in [0.25, 0.3) is 0 Å². The molecule has 6 heteroatoms. The fraction of sp³-hybridized carbons (Fsp3) is 0.429. The van der Waals surface area contributed by atoms with Crippen LogP contribution in [0, 0.1) is 0 Å². The summed E-state index contributed by atoms with van der Waals surface area (Å²) in [5, 5.41) is 12.3. The van der Waals surface area contributed by atoms with Crippen molar-refractivity contribution in [2.75, 3.05) is 18.1 Å². The van der Waals surface area contributed by atoms with Crippen LogP contribution in [0.5, 0.6) is 0 Å². The van der Waals surface area contributed by atoms with Gasteiger partial charge in [0.1, 0.15) is 6.54 Å². The van der Waals surface area contributed by atoms with Crippen LogP contribution >= 0.6 is 11.6 Å². The third-order valence-electron chi connectivity index (χ3n) is 3.36. The summed E-state index contributed by atoms with van der Waals surface area (Å²) in [6.45, 7) is 1.73. The number of carbonyl (C=O) groups excluding carboxylic acids is 2. The number of rotatable bonds is 5. The minimum Gasteiger partial charge on any atom is -0.394 e. The molecule has 108 valence electrons. The maximum absolute atomic E-state index is 12.0. The fourth-order valence-electron chi connectivity index (χ4n) is 2.22. The first-order chi connectivity index (χ1) is 9.55. The van der Waals surface area contributed by atoms with Crippen LogP contribution in [-0.4, -0.2) is 36.1 Å². The van der Waals surface area contributed by atoms with Crippen LogP contribution < -0.4 is 10.2 Å². The van der Waals surface area contributed by atoms with E-state index in [4.69, 9.17) is 16.7 Å². The van der Waals surface area contributed by atoms with Gasteiger partial charge in [0.25, 0.3) is 0 Å². The molecule has 20 heavy (non-hydrogen) atoms. The number of nitrogens with one attached hydrogen (secondary N) is 1. The van der Waals surface area contributed by atoms with Crippen LogP contribution in [0.15, 0.2) is 18.2 Å². The third-order valence-corrected chi connectivity index (χ3v) is 3.59. The van der Waals surface area contributed by atoms with Crippen molar-refractivity contribution in [3.05, 3.63) is 28.8 Å². The van der Waals surface area contributed by atoms with Crippen molar-refractivity contribution in [1.82, 2.24) is 5.32 Å². The molecule has 2 rings (SSSR count). The first-order valence-electron chi connectivity index (χ1n) is 6.54. The average Bonchev–Trinajstić information content (AvgIpc) is 2.71. The zero-order chi connectivity index (χ0) is 14.7. The Morgan fingerprint density at radius 1 is 1.55 bits per heavy atom. The normalized spacial score (nSPS) is 15.2. The minimum absolute atomic E-state index is 0.0377. The van der Waals surface area contributed by atoms with E-state index in [0.29, 0.717) is 11.4 Å². The molecular formula is C14H17ClN2O3. The quantitative estimate of drug-likeness (QED) is 0.855. The molecule has 0 aliphatic carbocycles. The summed E-state index contributed by atoms with van der Waals surface area (Å²) in [5.41, 5.74) is 1.57. The molecule has 0 fully saturated rings. The van der Waals surface area contributed by atoms with E-state index in [-0.39, 0.29) is 37.4 Å². The van der Waals surface area contributed by atoms with Gasteiger partial charge in [-0.3, -0.25) is 9.59 Å². The van der Waals surface area contributed by atoms with E-state index in [1.54, 1.807) is 18.2 Å². The van der Waals surface area contributed by atoms with Gasteiger partial charge in [0.15, 0.2) is 0 Å². The molecule has 0 radical (unpaired) electrons. The summed E-state index contributed by atoms with van der Waals surface area (Å²) < 4.78 is 0. The molecule has 1 aliphatic heterocycles. The average molecular weight is 297 g/mol. The number of hydrogen-bond acceptors (Lipinski definition) is 3. The first kappa shape index (κ1) is 14.8. The lowest BCUT2D eigenvalue weighted by Gasteiger charge is -2.19. The van der Waals surface area contributed by atoms with Crippen molar-refractivity contribution in [3.8, 4) is 0 Å². The van der Waals surface area contributed by atoms with Gasteiger partial charge in [0.05, 0.1) is 19.1 Å². The molecular weight excluding hydrogens is 280 g/mol. The molecule has 0 spiro atoms. The van der Waals surface area contributed by atoms with Crippen LogP contribution in [0.4, 0.5) is 5.69 Å². The Kier molecular flexibility index (Phi) is 4.62. The monoisotopic (exact) mass is 296 g/mol. The number of halogens is 1. The maximum atomic E-state index is 12.0. The molecule has 0 saturated carbocycles. The molecule has 5 nitrogen and oxygen atoms in total.